The number of urea groups is 1. The number of pyridine rings is 2. The second-order valence-corrected chi connectivity index (χ2v) is 5.89. The van der Waals surface area contributed by atoms with E-state index < -0.39 is 0 Å². The van der Waals surface area contributed by atoms with Gasteiger partial charge in [0.2, 0.25) is 0 Å². The molecule has 0 saturated heterocycles. The summed E-state index contributed by atoms with van der Waals surface area (Å²) in [6.45, 7) is 2.25. The smallest absolute Gasteiger partial charge is 0.319 e. The second kappa shape index (κ2) is 8.57. The molecule has 3 rings (SSSR count). The molecule has 2 aromatic heterocycles. The lowest BCUT2D eigenvalue weighted by Crippen LogP contribution is -2.28. The van der Waals surface area contributed by atoms with Crippen molar-refractivity contribution in [2.24, 2.45) is 0 Å². The van der Waals surface area contributed by atoms with Gasteiger partial charge in [-0.25, -0.2) is 4.79 Å². The average molecular weight is 361 g/mol. The molecule has 3 N–H and O–H groups in total. The third-order valence-corrected chi connectivity index (χ3v) is 3.75. The van der Waals surface area contributed by atoms with Gasteiger partial charge in [-0.15, -0.1) is 0 Å². The Morgan fingerprint density at radius 1 is 0.963 bits per heavy atom. The molecule has 3 aromatic rings. The number of rotatable bonds is 5. The third-order valence-electron chi connectivity index (χ3n) is 3.75. The zero-order valence-electron chi connectivity index (χ0n) is 14.8. The summed E-state index contributed by atoms with van der Waals surface area (Å²) in [5, 5.41) is 8.30. The van der Waals surface area contributed by atoms with Gasteiger partial charge in [-0.1, -0.05) is 6.07 Å². The highest BCUT2D eigenvalue weighted by Gasteiger charge is 2.08. The molecule has 2 heterocycles. The molecule has 27 heavy (non-hydrogen) atoms. The quantitative estimate of drug-likeness (QED) is 0.649. The number of anilines is 2. The molecular weight excluding hydrogens is 342 g/mol. The van der Waals surface area contributed by atoms with Crippen molar-refractivity contribution < 1.29 is 9.59 Å². The summed E-state index contributed by atoms with van der Waals surface area (Å²) in [5.74, 6) is -0.262. The number of hydrogen-bond donors (Lipinski definition) is 3. The molecule has 0 aliphatic rings. The SMILES string of the molecule is Cc1ccc(C(=O)Nc2cccc(NC(=O)NCc3ccncc3)c2)cn1. The van der Waals surface area contributed by atoms with Gasteiger partial charge in [0, 0.05) is 42.2 Å². The van der Waals surface area contributed by atoms with Crippen molar-refractivity contribution in [2.75, 3.05) is 10.6 Å². The van der Waals surface area contributed by atoms with Crippen LogP contribution < -0.4 is 16.0 Å². The maximum absolute atomic E-state index is 12.3. The Morgan fingerprint density at radius 3 is 2.41 bits per heavy atom. The minimum absolute atomic E-state index is 0.262. The van der Waals surface area contributed by atoms with E-state index >= 15 is 0 Å². The fourth-order valence-electron chi connectivity index (χ4n) is 2.34. The Hall–Kier alpha value is -3.74. The van der Waals surface area contributed by atoms with Crippen LogP contribution in [-0.4, -0.2) is 21.9 Å². The van der Waals surface area contributed by atoms with Gasteiger partial charge in [-0.05, 0) is 55.0 Å². The number of hydrogen-bond acceptors (Lipinski definition) is 4. The van der Waals surface area contributed by atoms with E-state index in [1.807, 2.05) is 19.1 Å². The van der Waals surface area contributed by atoms with E-state index in [4.69, 9.17) is 0 Å². The van der Waals surface area contributed by atoms with Gasteiger partial charge in [-0.2, -0.15) is 0 Å². The zero-order valence-corrected chi connectivity index (χ0v) is 14.8. The maximum atomic E-state index is 12.3. The van der Waals surface area contributed by atoms with Crippen molar-refractivity contribution in [3.8, 4) is 0 Å². The van der Waals surface area contributed by atoms with E-state index in [1.165, 1.54) is 6.20 Å². The van der Waals surface area contributed by atoms with Crippen LogP contribution in [0.2, 0.25) is 0 Å². The molecule has 0 atom stereocenters. The molecule has 7 heteroatoms. The molecule has 0 unspecified atom stereocenters. The van der Waals surface area contributed by atoms with Crippen LogP contribution >= 0.6 is 0 Å². The number of carbonyl (C=O) groups excluding carboxylic acids is 2. The van der Waals surface area contributed by atoms with E-state index in [9.17, 15) is 9.59 Å². The third kappa shape index (κ3) is 5.37. The summed E-state index contributed by atoms with van der Waals surface area (Å²) in [6, 6.07) is 13.7. The van der Waals surface area contributed by atoms with E-state index in [2.05, 4.69) is 25.9 Å². The van der Waals surface area contributed by atoms with Crippen LogP contribution in [0.5, 0.6) is 0 Å². The number of aromatic nitrogens is 2. The van der Waals surface area contributed by atoms with Crippen molar-refractivity contribution >= 4 is 23.3 Å². The van der Waals surface area contributed by atoms with Crippen LogP contribution in [-0.2, 0) is 6.54 Å². The molecule has 0 saturated carbocycles. The summed E-state index contributed by atoms with van der Waals surface area (Å²) >= 11 is 0. The van der Waals surface area contributed by atoms with Crippen LogP contribution in [0.4, 0.5) is 16.2 Å². The van der Waals surface area contributed by atoms with Gasteiger partial charge in [0.15, 0.2) is 0 Å². The summed E-state index contributed by atoms with van der Waals surface area (Å²) in [4.78, 5) is 32.3. The van der Waals surface area contributed by atoms with Crippen molar-refractivity contribution in [3.05, 3.63) is 83.9 Å². The van der Waals surface area contributed by atoms with Crippen molar-refractivity contribution in [2.45, 2.75) is 13.5 Å². The molecule has 0 radical (unpaired) electrons. The monoisotopic (exact) mass is 361 g/mol. The Morgan fingerprint density at radius 2 is 1.70 bits per heavy atom. The predicted octanol–water partition coefficient (Wildman–Crippen LogP) is 3.36. The van der Waals surface area contributed by atoms with Crippen LogP contribution in [0.1, 0.15) is 21.6 Å². The van der Waals surface area contributed by atoms with Crippen molar-refractivity contribution in [3.63, 3.8) is 0 Å². The average Bonchev–Trinajstić information content (AvgIpc) is 2.68. The fraction of sp³-hybridized carbons (Fsp3) is 0.100. The van der Waals surface area contributed by atoms with E-state index in [-0.39, 0.29) is 11.9 Å². The van der Waals surface area contributed by atoms with Crippen molar-refractivity contribution in [1.82, 2.24) is 15.3 Å². The van der Waals surface area contributed by atoms with Crippen molar-refractivity contribution in [1.29, 1.82) is 0 Å². The lowest BCUT2D eigenvalue weighted by atomic mass is 10.2. The Kier molecular flexibility index (Phi) is 5.73. The normalized spacial score (nSPS) is 10.1. The summed E-state index contributed by atoms with van der Waals surface area (Å²) in [7, 11) is 0. The van der Waals surface area contributed by atoms with Crippen LogP contribution in [0.25, 0.3) is 0 Å². The van der Waals surface area contributed by atoms with Crippen LogP contribution in [0, 0.1) is 6.92 Å². The predicted molar refractivity (Wildman–Crippen MR) is 103 cm³/mol. The zero-order chi connectivity index (χ0) is 19.1. The van der Waals surface area contributed by atoms with Gasteiger partial charge < -0.3 is 16.0 Å². The number of amides is 3. The first-order valence-electron chi connectivity index (χ1n) is 8.38. The molecule has 1 aromatic carbocycles. The summed E-state index contributed by atoms with van der Waals surface area (Å²) in [6.07, 6.45) is 4.87. The lowest BCUT2D eigenvalue weighted by molar-refractivity contribution is 0.102. The first-order chi connectivity index (χ1) is 13.1. The van der Waals surface area contributed by atoms with Gasteiger partial charge in [0.1, 0.15) is 0 Å². The molecule has 0 bridgehead atoms. The van der Waals surface area contributed by atoms with Gasteiger partial charge in [0.25, 0.3) is 5.91 Å². The number of benzene rings is 1. The number of aryl methyl sites for hydroxylation is 1. The van der Waals surface area contributed by atoms with E-state index in [0.717, 1.165) is 11.3 Å². The Balaban J connectivity index is 1.57. The molecule has 7 nitrogen and oxygen atoms in total. The molecule has 136 valence electrons. The number of carbonyl (C=O) groups is 2. The minimum atomic E-state index is -0.335. The first kappa shape index (κ1) is 18.1. The fourth-order valence-corrected chi connectivity index (χ4v) is 2.34. The van der Waals surface area contributed by atoms with E-state index in [0.29, 0.717) is 23.5 Å². The largest absolute Gasteiger partial charge is 0.334 e. The number of nitrogens with zero attached hydrogens (tertiary/aromatic N) is 2. The Labute approximate surface area is 156 Å². The topological polar surface area (TPSA) is 96.0 Å². The highest BCUT2D eigenvalue weighted by Crippen LogP contribution is 2.16. The summed E-state index contributed by atoms with van der Waals surface area (Å²) < 4.78 is 0. The Bertz CT molecular complexity index is 927. The standard InChI is InChI=1S/C20H19N5O2/c1-14-5-6-16(13-22-14)19(26)24-17-3-2-4-18(11-17)25-20(27)23-12-15-7-9-21-10-8-15/h2-11,13H,12H2,1H3,(H,24,26)(H2,23,25,27). The molecule has 0 aliphatic heterocycles. The molecule has 0 spiro atoms. The highest BCUT2D eigenvalue weighted by molar-refractivity contribution is 6.04. The molecule has 0 aliphatic carbocycles. The van der Waals surface area contributed by atoms with Gasteiger partial charge in [-0.3, -0.25) is 14.8 Å². The van der Waals surface area contributed by atoms with Crippen LogP contribution in [0.3, 0.4) is 0 Å². The lowest BCUT2D eigenvalue weighted by Gasteiger charge is -2.10. The van der Waals surface area contributed by atoms with E-state index in [1.54, 1.807) is 48.8 Å². The second-order valence-electron chi connectivity index (χ2n) is 5.89. The first-order valence-corrected chi connectivity index (χ1v) is 8.38. The summed E-state index contributed by atoms with van der Waals surface area (Å²) in [5.41, 5.74) is 3.41. The van der Waals surface area contributed by atoms with Gasteiger partial charge in [0.05, 0.1) is 5.56 Å². The number of nitrogens with one attached hydrogen (secondary N) is 3. The molecule has 3 amide bonds. The minimum Gasteiger partial charge on any atom is -0.334 e. The van der Waals surface area contributed by atoms with Gasteiger partial charge >= 0.3 is 6.03 Å². The highest BCUT2D eigenvalue weighted by atomic mass is 16.2. The molecule has 0 fully saturated rings. The van der Waals surface area contributed by atoms with Crippen LogP contribution in [0.15, 0.2) is 67.1 Å². The maximum Gasteiger partial charge on any atom is 0.319 e. The molecular formula is C20H19N5O2.